The van der Waals surface area contributed by atoms with Crippen molar-refractivity contribution in [3.63, 3.8) is 0 Å². The molecule has 1 fully saturated rings. The standard InChI is InChI=1S/C15H22N2O/c1-2-6-15(18)17-14-11-16-10-9-13(14)12-7-4-3-5-8-12/h3-5,7-8,13-14,16H,2,6,9-11H2,1H3,(H,17,18). The highest BCUT2D eigenvalue weighted by Gasteiger charge is 2.27. The molecule has 98 valence electrons. The molecule has 0 bridgehead atoms. The van der Waals surface area contributed by atoms with Crippen LogP contribution in [0.5, 0.6) is 0 Å². The van der Waals surface area contributed by atoms with Crippen molar-refractivity contribution in [1.82, 2.24) is 10.6 Å². The van der Waals surface area contributed by atoms with Crippen LogP contribution in [0, 0.1) is 0 Å². The van der Waals surface area contributed by atoms with Crippen molar-refractivity contribution in [1.29, 1.82) is 0 Å². The fourth-order valence-corrected chi connectivity index (χ4v) is 2.62. The van der Waals surface area contributed by atoms with E-state index >= 15 is 0 Å². The van der Waals surface area contributed by atoms with Crippen molar-refractivity contribution < 1.29 is 4.79 Å². The molecule has 2 unspecified atom stereocenters. The third-order valence-corrected chi connectivity index (χ3v) is 3.53. The lowest BCUT2D eigenvalue weighted by molar-refractivity contribution is -0.122. The zero-order valence-electron chi connectivity index (χ0n) is 11.0. The van der Waals surface area contributed by atoms with Gasteiger partial charge in [-0.3, -0.25) is 4.79 Å². The number of hydrogen-bond acceptors (Lipinski definition) is 2. The van der Waals surface area contributed by atoms with Gasteiger partial charge in [-0.25, -0.2) is 0 Å². The van der Waals surface area contributed by atoms with E-state index in [4.69, 9.17) is 0 Å². The summed E-state index contributed by atoms with van der Waals surface area (Å²) in [5, 5.41) is 6.53. The highest BCUT2D eigenvalue weighted by molar-refractivity contribution is 5.76. The number of carbonyl (C=O) groups excluding carboxylic acids is 1. The van der Waals surface area contributed by atoms with E-state index in [0.717, 1.165) is 25.9 Å². The number of amides is 1. The van der Waals surface area contributed by atoms with Crippen molar-refractivity contribution in [3.05, 3.63) is 35.9 Å². The van der Waals surface area contributed by atoms with Gasteiger partial charge < -0.3 is 10.6 Å². The topological polar surface area (TPSA) is 41.1 Å². The van der Waals surface area contributed by atoms with Gasteiger partial charge in [-0.05, 0) is 24.9 Å². The Bertz CT molecular complexity index is 377. The van der Waals surface area contributed by atoms with Gasteiger partial charge in [0.05, 0.1) is 0 Å². The lowest BCUT2D eigenvalue weighted by Crippen LogP contribution is -2.49. The van der Waals surface area contributed by atoms with Crippen molar-refractivity contribution in [2.24, 2.45) is 0 Å². The first kappa shape index (κ1) is 13.1. The van der Waals surface area contributed by atoms with E-state index in [1.54, 1.807) is 0 Å². The summed E-state index contributed by atoms with van der Waals surface area (Å²) in [5.74, 6) is 0.611. The van der Waals surface area contributed by atoms with Gasteiger partial charge in [0, 0.05) is 24.9 Å². The fraction of sp³-hybridized carbons (Fsp3) is 0.533. The second-order valence-corrected chi connectivity index (χ2v) is 4.93. The molecule has 1 aliphatic rings. The summed E-state index contributed by atoms with van der Waals surface area (Å²) in [6.07, 6.45) is 2.61. The van der Waals surface area contributed by atoms with Gasteiger partial charge in [0.15, 0.2) is 0 Å². The van der Waals surface area contributed by atoms with Gasteiger partial charge in [-0.2, -0.15) is 0 Å². The van der Waals surface area contributed by atoms with Gasteiger partial charge >= 0.3 is 0 Å². The Morgan fingerprint density at radius 3 is 2.89 bits per heavy atom. The number of rotatable bonds is 4. The molecule has 2 N–H and O–H groups in total. The zero-order chi connectivity index (χ0) is 12.8. The summed E-state index contributed by atoms with van der Waals surface area (Å²) in [6, 6.07) is 10.7. The third-order valence-electron chi connectivity index (χ3n) is 3.53. The van der Waals surface area contributed by atoms with E-state index in [-0.39, 0.29) is 11.9 Å². The molecule has 1 amide bonds. The Balaban J connectivity index is 2.04. The highest BCUT2D eigenvalue weighted by atomic mass is 16.1. The summed E-state index contributed by atoms with van der Waals surface area (Å²) in [4.78, 5) is 11.7. The van der Waals surface area contributed by atoms with Crippen LogP contribution in [0.2, 0.25) is 0 Å². The molecule has 1 aromatic rings. The molecule has 1 saturated heterocycles. The lowest BCUT2D eigenvalue weighted by Gasteiger charge is -2.33. The smallest absolute Gasteiger partial charge is 0.220 e. The van der Waals surface area contributed by atoms with Crippen LogP contribution in [-0.4, -0.2) is 25.0 Å². The summed E-state index contributed by atoms with van der Waals surface area (Å²) < 4.78 is 0. The number of benzene rings is 1. The summed E-state index contributed by atoms with van der Waals surface area (Å²) in [5.41, 5.74) is 1.33. The summed E-state index contributed by atoms with van der Waals surface area (Å²) in [7, 11) is 0. The molecule has 0 spiro atoms. The van der Waals surface area contributed by atoms with Crippen molar-refractivity contribution in [3.8, 4) is 0 Å². The van der Waals surface area contributed by atoms with E-state index in [2.05, 4.69) is 34.9 Å². The first-order valence-electron chi connectivity index (χ1n) is 6.86. The van der Waals surface area contributed by atoms with Gasteiger partial charge in [-0.1, -0.05) is 37.3 Å². The molecule has 3 heteroatoms. The van der Waals surface area contributed by atoms with Crippen LogP contribution in [0.1, 0.15) is 37.7 Å². The lowest BCUT2D eigenvalue weighted by atomic mass is 9.86. The number of nitrogens with one attached hydrogen (secondary N) is 2. The predicted molar refractivity (Wildman–Crippen MR) is 73.5 cm³/mol. The van der Waals surface area contributed by atoms with Gasteiger partial charge in [0.25, 0.3) is 0 Å². The van der Waals surface area contributed by atoms with Gasteiger partial charge in [0.2, 0.25) is 5.91 Å². The summed E-state index contributed by atoms with van der Waals surface area (Å²) in [6.45, 7) is 3.93. The molecule has 0 radical (unpaired) electrons. The first-order valence-corrected chi connectivity index (χ1v) is 6.86. The monoisotopic (exact) mass is 246 g/mol. The maximum atomic E-state index is 11.7. The molecule has 3 nitrogen and oxygen atoms in total. The average Bonchev–Trinajstić information content (AvgIpc) is 2.40. The molecule has 0 aliphatic carbocycles. The third kappa shape index (κ3) is 3.33. The van der Waals surface area contributed by atoms with E-state index < -0.39 is 0 Å². The van der Waals surface area contributed by atoms with E-state index in [9.17, 15) is 4.79 Å². The highest BCUT2D eigenvalue weighted by Crippen LogP contribution is 2.25. The van der Waals surface area contributed by atoms with Crippen LogP contribution in [0.15, 0.2) is 30.3 Å². The maximum Gasteiger partial charge on any atom is 0.220 e. The molecule has 1 aromatic carbocycles. The van der Waals surface area contributed by atoms with Crippen LogP contribution in [-0.2, 0) is 4.79 Å². The molecule has 1 aliphatic heterocycles. The van der Waals surface area contributed by atoms with Crippen LogP contribution >= 0.6 is 0 Å². The molecule has 2 rings (SSSR count). The van der Waals surface area contributed by atoms with Crippen molar-refractivity contribution in [2.75, 3.05) is 13.1 Å². The minimum atomic E-state index is 0.173. The minimum Gasteiger partial charge on any atom is -0.351 e. The van der Waals surface area contributed by atoms with Crippen molar-refractivity contribution in [2.45, 2.75) is 38.1 Å². The quantitative estimate of drug-likeness (QED) is 0.853. The Morgan fingerprint density at radius 2 is 2.17 bits per heavy atom. The van der Waals surface area contributed by atoms with E-state index in [0.29, 0.717) is 12.3 Å². The second-order valence-electron chi connectivity index (χ2n) is 4.93. The minimum absolute atomic E-state index is 0.173. The molecular weight excluding hydrogens is 224 g/mol. The Kier molecular flexibility index (Phi) is 4.76. The Morgan fingerprint density at radius 1 is 1.39 bits per heavy atom. The van der Waals surface area contributed by atoms with E-state index in [1.165, 1.54) is 5.56 Å². The predicted octanol–water partition coefficient (Wildman–Crippen LogP) is 2.05. The Labute approximate surface area is 109 Å². The first-order chi connectivity index (χ1) is 8.81. The second kappa shape index (κ2) is 6.55. The normalized spacial score (nSPS) is 23.6. The Hall–Kier alpha value is -1.35. The number of carbonyl (C=O) groups is 1. The van der Waals surface area contributed by atoms with Crippen LogP contribution in [0.25, 0.3) is 0 Å². The van der Waals surface area contributed by atoms with Crippen LogP contribution in [0.3, 0.4) is 0 Å². The summed E-state index contributed by atoms with van der Waals surface area (Å²) >= 11 is 0. The fourth-order valence-electron chi connectivity index (χ4n) is 2.62. The van der Waals surface area contributed by atoms with Gasteiger partial charge in [-0.15, -0.1) is 0 Å². The molecule has 0 aromatic heterocycles. The van der Waals surface area contributed by atoms with Crippen LogP contribution in [0.4, 0.5) is 0 Å². The molecule has 2 atom stereocenters. The average molecular weight is 246 g/mol. The molecule has 0 saturated carbocycles. The van der Waals surface area contributed by atoms with Crippen molar-refractivity contribution >= 4 is 5.91 Å². The molecule has 1 heterocycles. The molecular formula is C15H22N2O. The maximum absolute atomic E-state index is 11.7. The largest absolute Gasteiger partial charge is 0.351 e. The number of piperidine rings is 1. The van der Waals surface area contributed by atoms with Crippen LogP contribution < -0.4 is 10.6 Å². The SMILES string of the molecule is CCCC(=O)NC1CNCCC1c1ccccc1. The number of hydrogen-bond donors (Lipinski definition) is 2. The zero-order valence-corrected chi connectivity index (χ0v) is 11.0. The van der Waals surface area contributed by atoms with E-state index in [1.807, 2.05) is 13.0 Å². The molecule has 18 heavy (non-hydrogen) atoms. The van der Waals surface area contributed by atoms with Gasteiger partial charge in [0.1, 0.15) is 0 Å².